The summed E-state index contributed by atoms with van der Waals surface area (Å²) in [5.74, 6) is 3.16. The SMILES string of the molecule is Cc1ccccc1CNCc1ccccc1OC[C@@H](O)CN1CCSCC1. The Balaban J connectivity index is 1.47. The maximum absolute atomic E-state index is 10.3. The normalized spacial score (nSPS) is 16.2. The average molecular weight is 387 g/mol. The number of hydrogen-bond acceptors (Lipinski definition) is 5. The minimum Gasteiger partial charge on any atom is -0.491 e. The molecule has 5 heteroatoms. The molecule has 1 fully saturated rings. The summed E-state index contributed by atoms with van der Waals surface area (Å²) in [6, 6.07) is 16.5. The lowest BCUT2D eigenvalue weighted by Crippen LogP contribution is -2.40. The van der Waals surface area contributed by atoms with Crippen LogP contribution in [0.4, 0.5) is 0 Å². The van der Waals surface area contributed by atoms with Crippen LogP contribution in [0.3, 0.4) is 0 Å². The van der Waals surface area contributed by atoms with E-state index in [1.54, 1.807) is 0 Å². The molecule has 0 unspecified atom stereocenters. The van der Waals surface area contributed by atoms with Crippen molar-refractivity contribution in [3.8, 4) is 5.75 Å². The Morgan fingerprint density at radius 2 is 1.70 bits per heavy atom. The first-order chi connectivity index (χ1) is 13.2. The maximum Gasteiger partial charge on any atom is 0.123 e. The number of ether oxygens (including phenoxy) is 1. The van der Waals surface area contributed by atoms with Crippen molar-refractivity contribution in [3.05, 3.63) is 65.2 Å². The van der Waals surface area contributed by atoms with E-state index in [0.29, 0.717) is 13.2 Å². The number of hydrogen-bond donors (Lipinski definition) is 2. The lowest BCUT2D eigenvalue weighted by Gasteiger charge is -2.28. The van der Waals surface area contributed by atoms with Gasteiger partial charge in [0.15, 0.2) is 0 Å². The quantitative estimate of drug-likeness (QED) is 0.693. The van der Waals surface area contributed by atoms with Crippen LogP contribution in [0.15, 0.2) is 48.5 Å². The number of aliphatic hydroxyl groups excluding tert-OH is 1. The molecular weight excluding hydrogens is 356 g/mol. The minimum atomic E-state index is -0.457. The van der Waals surface area contributed by atoms with Gasteiger partial charge in [0.1, 0.15) is 18.5 Å². The molecule has 1 heterocycles. The molecule has 2 N–H and O–H groups in total. The van der Waals surface area contributed by atoms with Gasteiger partial charge < -0.3 is 15.2 Å². The molecule has 0 radical (unpaired) electrons. The van der Waals surface area contributed by atoms with Crippen molar-refractivity contribution in [2.24, 2.45) is 0 Å². The molecule has 1 atom stereocenters. The van der Waals surface area contributed by atoms with E-state index in [9.17, 15) is 5.11 Å². The van der Waals surface area contributed by atoms with Gasteiger partial charge in [-0.05, 0) is 24.1 Å². The van der Waals surface area contributed by atoms with Gasteiger partial charge in [-0.2, -0.15) is 11.8 Å². The summed E-state index contributed by atoms with van der Waals surface area (Å²) in [5.41, 5.74) is 3.73. The van der Waals surface area contributed by atoms with Crippen LogP contribution < -0.4 is 10.1 Å². The number of thioether (sulfide) groups is 1. The highest BCUT2D eigenvalue weighted by atomic mass is 32.2. The van der Waals surface area contributed by atoms with Gasteiger partial charge in [-0.1, -0.05) is 42.5 Å². The first kappa shape index (κ1) is 20.2. The molecule has 4 nitrogen and oxygen atoms in total. The lowest BCUT2D eigenvalue weighted by atomic mass is 10.1. The molecule has 0 spiro atoms. The fraction of sp³-hybridized carbons (Fsp3) is 0.455. The summed E-state index contributed by atoms with van der Waals surface area (Å²) < 4.78 is 5.95. The Bertz CT molecular complexity index is 704. The fourth-order valence-electron chi connectivity index (χ4n) is 3.25. The van der Waals surface area contributed by atoms with Crippen molar-refractivity contribution in [3.63, 3.8) is 0 Å². The second kappa shape index (κ2) is 10.7. The van der Waals surface area contributed by atoms with E-state index in [1.807, 2.05) is 30.0 Å². The van der Waals surface area contributed by atoms with Gasteiger partial charge in [0.05, 0.1) is 0 Å². The zero-order valence-electron chi connectivity index (χ0n) is 16.1. The Kier molecular flexibility index (Phi) is 8.02. The van der Waals surface area contributed by atoms with Crippen molar-refractivity contribution >= 4 is 11.8 Å². The van der Waals surface area contributed by atoms with Crippen LogP contribution in [-0.2, 0) is 13.1 Å². The minimum absolute atomic E-state index is 0.332. The average Bonchev–Trinajstić information content (AvgIpc) is 2.69. The standard InChI is InChI=1S/C22H30N2O2S/c1-18-6-2-3-7-19(18)14-23-15-20-8-4-5-9-22(20)26-17-21(25)16-24-10-12-27-13-11-24/h2-9,21,23,25H,10-17H2,1H3/t21-/m0/s1. The first-order valence-corrected chi connectivity index (χ1v) is 10.8. The van der Waals surface area contributed by atoms with Crippen LogP contribution in [0, 0.1) is 6.92 Å². The Hall–Kier alpha value is -1.53. The Labute approximate surface area is 166 Å². The summed E-state index contributed by atoms with van der Waals surface area (Å²) in [6.07, 6.45) is -0.457. The van der Waals surface area contributed by atoms with Crippen molar-refractivity contribution in [2.45, 2.75) is 26.1 Å². The van der Waals surface area contributed by atoms with Gasteiger partial charge in [0, 0.05) is 49.8 Å². The molecule has 0 amide bonds. The molecule has 0 aliphatic carbocycles. The van der Waals surface area contributed by atoms with E-state index in [-0.39, 0.29) is 0 Å². The van der Waals surface area contributed by atoms with Crippen LogP contribution in [0.5, 0.6) is 5.75 Å². The highest BCUT2D eigenvalue weighted by Gasteiger charge is 2.15. The molecular formula is C22H30N2O2S. The highest BCUT2D eigenvalue weighted by Crippen LogP contribution is 2.19. The van der Waals surface area contributed by atoms with E-state index in [1.165, 1.54) is 11.1 Å². The molecule has 1 aliphatic rings. The Morgan fingerprint density at radius 1 is 1.04 bits per heavy atom. The van der Waals surface area contributed by atoms with E-state index in [2.05, 4.69) is 47.5 Å². The largest absolute Gasteiger partial charge is 0.491 e. The van der Waals surface area contributed by atoms with E-state index in [0.717, 1.165) is 49.0 Å². The summed E-state index contributed by atoms with van der Waals surface area (Å²) in [4.78, 5) is 2.32. The third-order valence-electron chi connectivity index (χ3n) is 4.87. The fourth-order valence-corrected chi connectivity index (χ4v) is 4.23. The zero-order valence-corrected chi connectivity index (χ0v) is 16.9. The third-order valence-corrected chi connectivity index (χ3v) is 5.81. The van der Waals surface area contributed by atoms with Crippen molar-refractivity contribution in [1.82, 2.24) is 10.2 Å². The van der Waals surface area contributed by atoms with Crippen molar-refractivity contribution < 1.29 is 9.84 Å². The second-order valence-corrected chi connectivity index (χ2v) is 8.24. The van der Waals surface area contributed by atoms with Crippen molar-refractivity contribution in [2.75, 3.05) is 37.7 Å². The van der Waals surface area contributed by atoms with Gasteiger partial charge in [-0.25, -0.2) is 0 Å². The highest BCUT2D eigenvalue weighted by molar-refractivity contribution is 7.99. The van der Waals surface area contributed by atoms with Crippen LogP contribution >= 0.6 is 11.8 Å². The van der Waals surface area contributed by atoms with Crippen LogP contribution in [0.2, 0.25) is 0 Å². The van der Waals surface area contributed by atoms with Gasteiger partial charge in [0.2, 0.25) is 0 Å². The number of para-hydroxylation sites is 1. The van der Waals surface area contributed by atoms with Gasteiger partial charge in [-0.3, -0.25) is 4.90 Å². The molecule has 3 rings (SSSR count). The number of benzene rings is 2. The zero-order chi connectivity index (χ0) is 18.9. The van der Waals surface area contributed by atoms with Gasteiger partial charge in [0.25, 0.3) is 0 Å². The molecule has 0 aromatic heterocycles. The maximum atomic E-state index is 10.3. The predicted molar refractivity (Wildman–Crippen MR) is 113 cm³/mol. The molecule has 146 valence electrons. The lowest BCUT2D eigenvalue weighted by molar-refractivity contribution is 0.0711. The van der Waals surface area contributed by atoms with Gasteiger partial charge >= 0.3 is 0 Å². The molecule has 1 saturated heterocycles. The molecule has 2 aromatic rings. The van der Waals surface area contributed by atoms with Crippen LogP contribution in [0.25, 0.3) is 0 Å². The first-order valence-electron chi connectivity index (χ1n) is 9.66. The van der Waals surface area contributed by atoms with E-state index >= 15 is 0 Å². The van der Waals surface area contributed by atoms with Crippen LogP contribution in [0.1, 0.15) is 16.7 Å². The van der Waals surface area contributed by atoms with Crippen molar-refractivity contribution in [1.29, 1.82) is 0 Å². The van der Waals surface area contributed by atoms with E-state index in [4.69, 9.17) is 4.74 Å². The van der Waals surface area contributed by atoms with Crippen LogP contribution in [-0.4, -0.2) is 53.9 Å². The number of nitrogens with zero attached hydrogens (tertiary/aromatic N) is 1. The summed E-state index contributed by atoms with van der Waals surface area (Å²) in [6.45, 7) is 6.84. The number of nitrogens with one attached hydrogen (secondary N) is 1. The molecule has 0 saturated carbocycles. The number of aryl methyl sites for hydroxylation is 1. The number of rotatable bonds is 9. The second-order valence-electron chi connectivity index (χ2n) is 7.02. The molecule has 1 aliphatic heterocycles. The number of β-amino-alcohol motifs (C(OH)–C–C–N with tert-alkyl or cyclic N) is 1. The summed E-state index contributed by atoms with van der Waals surface area (Å²) >= 11 is 1.98. The molecule has 0 bridgehead atoms. The third kappa shape index (κ3) is 6.54. The smallest absolute Gasteiger partial charge is 0.123 e. The Morgan fingerprint density at radius 3 is 2.48 bits per heavy atom. The van der Waals surface area contributed by atoms with Gasteiger partial charge in [-0.15, -0.1) is 0 Å². The summed E-state index contributed by atoms with van der Waals surface area (Å²) in [7, 11) is 0. The number of aliphatic hydroxyl groups is 1. The summed E-state index contributed by atoms with van der Waals surface area (Å²) in [5, 5.41) is 13.8. The van der Waals surface area contributed by atoms with E-state index < -0.39 is 6.10 Å². The molecule has 27 heavy (non-hydrogen) atoms. The topological polar surface area (TPSA) is 44.7 Å². The predicted octanol–water partition coefficient (Wildman–Crippen LogP) is 3.07. The molecule has 2 aromatic carbocycles. The monoisotopic (exact) mass is 386 g/mol.